The number of nitrogens with one attached hydrogen (secondary N) is 1. The van der Waals surface area contributed by atoms with Gasteiger partial charge in [0.2, 0.25) is 0 Å². The van der Waals surface area contributed by atoms with Crippen molar-refractivity contribution < 1.29 is 4.74 Å². The van der Waals surface area contributed by atoms with E-state index in [1.165, 1.54) is 51.9 Å². The third-order valence-electron chi connectivity index (χ3n) is 4.77. The lowest BCUT2D eigenvalue weighted by Crippen LogP contribution is -2.44. The van der Waals surface area contributed by atoms with E-state index in [9.17, 15) is 0 Å². The fourth-order valence-electron chi connectivity index (χ4n) is 3.60. The second-order valence-electron chi connectivity index (χ2n) is 5.97. The van der Waals surface area contributed by atoms with E-state index < -0.39 is 0 Å². The first-order chi connectivity index (χ1) is 8.92. The van der Waals surface area contributed by atoms with Crippen molar-refractivity contribution in [2.75, 3.05) is 52.5 Å². The van der Waals surface area contributed by atoms with Crippen molar-refractivity contribution in [1.82, 2.24) is 15.1 Å². The van der Waals surface area contributed by atoms with Crippen molar-refractivity contribution in [3.8, 4) is 0 Å². The molecule has 0 bridgehead atoms. The van der Waals surface area contributed by atoms with Crippen LogP contribution in [0, 0.1) is 0 Å². The largest absolute Gasteiger partial charge is 0.379 e. The Morgan fingerprint density at radius 2 is 2.00 bits per heavy atom. The maximum absolute atomic E-state index is 5.44. The minimum Gasteiger partial charge on any atom is -0.379 e. The molecule has 3 rings (SSSR count). The Bertz CT molecular complexity index is 249. The summed E-state index contributed by atoms with van der Waals surface area (Å²) in [5.74, 6) is 0. The van der Waals surface area contributed by atoms with Crippen LogP contribution in [-0.2, 0) is 4.74 Å². The summed E-state index contributed by atoms with van der Waals surface area (Å²) >= 11 is 0. The fraction of sp³-hybridized carbons (Fsp3) is 1.00. The predicted octanol–water partition coefficient (Wildman–Crippen LogP) is 0.535. The highest BCUT2D eigenvalue weighted by Gasteiger charge is 2.28. The molecule has 0 saturated carbocycles. The molecule has 4 heteroatoms. The molecular formula is C14H27N3O. The lowest BCUT2D eigenvalue weighted by atomic mass is 10.1. The third-order valence-corrected chi connectivity index (χ3v) is 4.77. The molecule has 0 amide bonds. The number of likely N-dealkylation sites (tertiary alicyclic amines) is 1. The van der Waals surface area contributed by atoms with E-state index >= 15 is 0 Å². The number of ether oxygens (including phenoxy) is 1. The molecule has 3 aliphatic rings. The van der Waals surface area contributed by atoms with Gasteiger partial charge in [-0.15, -0.1) is 0 Å². The normalized spacial score (nSPS) is 35.3. The van der Waals surface area contributed by atoms with Crippen LogP contribution in [0.15, 0.2) is 0 Å². The first kappa shape index (κ1) is 12.9. The van der Waals surface area contributed by atoms with Gasteiger partial charge >= 0.3 is 0 Å². The van der Waals surface area contributed by atoms with Crippen molar-refractivity contribution in [1.29, 1.82) is 0 Å². The zero-order chi connectivity index (χ0) is 12.2. The van der Waals surface area contributed by atoms with Crippen molar-refractivity contribution in [3.05, 3.63) is 0 Å². The van der Waals surface area contributed by atoms with Gasteiger partial charge in [-0.1, -0.05) is 0 Å². The summed E-state index contributed by atoms with van der Waals surface area (Å²) < 4.78 is 5.44. The summed E-state index contributed by atoms with van der Waals surface area (Å²) in [7, 11) is 0. The average Bonchev–Trinajstić information content (AvgIpc) is 3.09. The summed E-state index contributed by atoms with van der Waals surface area (Å²) in [6.07, 6.45) is 5.47. The molecule has 0 aliphatic carbocycles. The lowest BCUT2D eigenvalue weighted by molar-refractivity contribution is 0.0185. The monoisotopic (exact) mass is 253 g/mol. The Morgan fingerprint density at radius 1 is 1.11 bits per heavy atom. The molecule has 2 unspecified atom stereocenters. The van der Waals surface area contributed by atoms with Gasteiger partial charge in [-0.05, 0) is 45.3 Å². The van der Waals surface area contributed by atoms with Crippen LogP contribution in [-0.4, -0.2) is 74.4 Å². The number of morpholine rings is 1. The highest BCUT2D eigenvalue weighted by molar-refractivity contribution is 4.85. The van der Waals surface area contributed by atoms with Gasteiger partial charge in [-0.3, -0.25) is 4.90 Å². The van der Waals surface area contributed by atoms with E-state index in [0.29, 0.717) is 0 Å². The molecule has 0 radical (unpaired) electrons. The van der Waals surface area contributed by atoms with Crippen molar-refractivity contribution in [2.24, 2.45) is 0 Å². The molecule has 104 valence electrons. The smallest absolute Gasteiger partial charge is 0.0594 e. The van der Waals surface area contributed by atoms with Gasteiger partial charge in [0.1, 0.15) is 0 Å². The zero-order valence-electron chi connectivity index (χ0n) is 11.4. The number of hydrogen-bond donors (Lipinski definition) is 1. The summed E-state index contributed by atoms with van der Waals surface area (Å²) in [5, 5.41) is 3.60. The molecule has 0 aromatic heterocycles. The van der Waals surface area contributed by atoms with Crippen molar-refractivity contribution in [3.63, 3.8) is 0 Å². The molecular weight excluding hydrogens is 226 g/mol. The van der Waals surface area contributed by atoms with Gasteiger partial charge in [0.15, 0.2) is 0 Å². The summed E-state index contributed by atoms with van der Waals surface area (Å²) in [6.45, 7) is 9.26. The molecule has 2 atom stereocenters. The highest BCUT2D eigenvalue weighted by atomic mass is 16.5. The maximum Gasteiger partial charge on any atom is 0.0594 e. The van der Waals surface area contributed by atoms with Crippen LogP contribution in [0.4, 0.5) is 0 Å². The second kappa shape index (κ2) is 6.33. The average molecular weight is 253 g/mol. The highest BCUT2D eigenvalue weighted by Crippen LogP contribution is 2.18. The van der Waals surface area contributed by atoms with Gasteiger partial charge in [-0.25, -0.2) is 0 Å². The van der Waals surface area contributed by atoms with Crippen LogP contribution < -0.4 is 5.32 Å². The van der Waals surface area contributed by atoms with Crippen molar-refractivity contribution in [2.45, 2.75) is 37.8 Å². The van der Waals surface area contributed by atoms with Gasteiger partial charge in [0, 0.05) is 31.7 Å². The van der Waals surface area contributed by atoms with Gasteiger partial charge < -0.3 is 15.0 Å². The molecule has 3 aliphatic heterocycles. The Morgan fingerprint density at radius 3 is 2.78 bits per heavy atom. The zero-order valence-corrected chi connectivity index (χ0v) is 11.4. The fourth-order valence-corrected chi connectivity index (χ4v) is 3.60. The van der Waals surface area contributed by atoms with E-state index in [0.717, 1.165) is 38.4 Å². The quantitative estimate of drug-likeness (QED) is 0.791. The minimum atomic E-state index is 0.797. The molecule has 0 aromatic carbocycles. The van der Waals surface area contributed by atoms with E-state index in [1.807, 2.05) is 0 Å². The third kappa shape index (κ3) is 3.23. The van der Waals surface area contributed by atoms with Gasteiger partial charge in [-0.2, -0.15) is 0 Å². The Kier molecular flexibility index (Phi) is 4.52. The minimum absolute atomic E-state index is 0.797. The molecule has 3 saturated heterocycles. The van der Waals surface area contributed by atoms with Crippen LogP contribution in [0.2, 0.25) is 0 Å². The van der Waals surface area contributed by atoms with Crippen LogP contribution >= 0.6 is 0 Å². The number of rotatable bonds is 4. The van der Waals surface area contributed by atoms with Crippen molar-refractivity contribution >= 4 is 0 Å². The van der Waals surface area contributed by atoms with Crippen LogP contribution in [0.1, 0.15) is 25.7 Å². The molecule has 0 spiro atoms. The molecule has 18 heavy (non-hydrogen) atoms. The van der Waals surface area contributed by atoms with E-state index in [2.05, 4.69) is 15.1 Å². The van der Waals surface area contributed by atoms with Crippen LogP contribution in [0.25, 0.3) is 0 Å². The molecule has 3 heterocycles. The van der Waals surface area contributed by atoms with Gasteiger partial charge in [0.25, 0.3) is 0 Å². The summed E-state index contributed by atoms with van der Waals surface area (Å²) in [6, 6.07) is 1.60. The summed E-state index contributed by atoms with van der Waals surface area (Å²) in [5.41, 5.74) is 0. The van der Waals surface area contributed by atoms with E-state index in [1.54, 1.807) is 0 Å². The standard InChI is InChI=1S/C14H27N3O/c1-2-13(15-5-1)3-6-16-7-4-14(12-16)17-8-10-18-11-9-17/h13-15H,1-12H2. The topological polar surface area (TPSA) is 27.7 Å². The summed E-state index contributed by atoms with van der Waals surface area (Å²) in [4.78, 5) is 5.30. The Hall–Kier alpha value is -0.160. The second-order valence-corrected chi connectivity index (χ2v) is 5.97. The van der Waals surface area contributed by atoms with E-state index in [-0.39, 0.29) is 0 Å². The van der Waals surface area contributed by atoms with E-state index in [4.69, 9.17) is 4.74 Å². The SMILES string of the molecule is C1CNC(CCN2CCC(N3CCOCC3)C2)C1. The number of hydrogen-bond acceptors (Lipinski definition) is 4. The first-order valence-electron chi connectivity index (χ1n) is 7.69. The van der Waals surface area contributed by atoms with Crippen LogP contribution in [0.3, 0.4) is 0 Å². The molecule has 3 fully saturated rings. The van der Waals surface area contributed by atoms with Gasteiger partial charge in [0.05, 0.1) is 13.2 Å². The maximum atomic E-state index is 5.44. The lowest BCUT2D eigenvalue weighted by Gasteiger charge is -2.32. The Labute approximate surface area is 111 Å². The Balaban J connectivity index is 1.37. The first-order valence-corrected chi connectivity index (χ1v) is 7.69. The predicted molar refractivity (Wildman–Crippen MR) is 72.9 cm³/mol. The molecule has 1 N–H and O–H groups in total. The van der Waals surface area contributed by atoms with Crippen LogP contribution in [0.5, 0.6) is 0 Å². The number of nitrogens with zero attached hydrogens (tertiary/aromatic N) is 2. The molecule has 4 nitrogen and oxygen atoms in total. The molecule has 0 aromatic rings.